The van der Waals surface area contributed by atoms with Crippen molar-refractivity contribution in [2.45, 2.75) is 25.6 Å². The van der Waals surface area contributed by atoms with Crippen molar-refractivity contribution in [3.8, 4) is 22.6 Å². The zero-order valence-corrected chi connectivity index (χ0v) is 22.1. The summed E-state index contributed by atoms with van der Waals surface area (Å²) >= 11 is 6.17. The first kappa shape index (κ1) is 29.3. The summed E-state index contributed by atoms with van der Waals surface area (Å²) in [6.07, 6.45) is -2.63. The second-order valence-electron chi connectivity index (χ2n) is 8.68. The molecule has 0 spiro atoms. The molecule has 0 saturated carbocycles. The minimum absolute atomic E-state index is 0.0298. The monoisotopic (exact) mass is 592 g/mol. The summed E-state index contributed by atoms with van der Waals surface area (Å²) in [5.74, 6) is -2.48. The minimum atomic E-state index is -4.73. The van der Waals surface area contributed by atoms with Crippen LogP contribution in [-0.4, -0.2) is 38.5 Å². The van der Waals surface area contributed by atoms with Crippen LogP contribution in [-0.2, 0) is 11.0 Å². The lowest BCUT2D eigenvalue weighted by molar-refractivity contribution is -0.141. The number of amides is 2. The van der Waals surface area contributed by atoms with Crippen LogP contribution in [0.2, 0.25) is 5.02 Å². The molecule has 0 aliphatic rings. The molecule has 0 radical (unpaired) electrons. The van der Waals surface area contributed by atoms with E-state index in [-0.39, 0.29) is 45.3 Å². The number of nitrogens with one attached hydrogen (secondary N) is 1. The summed E-state index contributed by atoms with van der Waals surface area (Å²) in [7, 11) is 1.30. The van der Waals surface area contributed by atoms with Gasteiger partial charge in [-0.2, -0.15) is 13.2 Å². The molecule has 15 heteroatoms. The fourth-order valence-corrected chi connectivity index (χ4v) is 4.28. The molecule has 0 fully saturated rings. The van der Waals surface area contributed by atoms with Gasteiger partial charge >= 0.3 is 6.18 Å². The molecule has 2 amide bonds. The number of hydrogen-bond donors (Lipinski definition) is 2. The summed E-state index contributed by atoms with van der Waals surface area (Å²) in [6.45, 7) is 1.64. The first-order valence-electron chi connectivity index (χ1n) is 11.8. The van der Waals surface area contributed by atoms with E-state index in [0.717, 1.165) is 27.4 Å². The Morgan fingerprint density at radius 2 is 1.85 bits per heavy atom. The van der Waals surface area contributed by atoms with Gasteiger partial charge in [0.25, 0.3) is 11.5 Å². The van der Waals surface area contributed by atoms with Crippen LogP contribution in [0, 0.1) is 5.82 Å². The number of primary amides is 1. The van der Waals surface area contributed by atoms with E-state index in [1.54, 1.807) is 6.92 Å². The first-order chi connectivity index (χ1) is 19.3. The Morgan fingerprint density at radius 3 is 2.44 bits per heavy atom. The van der Waals surface area contributed by atoms with Gasteiger partial charge in [-0.25, -0.2) is 9.07 Å². The van der Waals surface area contributed by atoms with E-state index in [1.807, 2.05) is 0 Å². The Kier molecular flexibility index (Phi) is 8.14. The number of rotatable bonds is 8. The summed E-state index contributed by atoms with van der Waals surface area (Å²) in [6, 6.07) is 7.65. The third-order valence-corrected chi connectivity index (χ3v) is 6.31. The number of carbonyl (C=O) groups excluding carboxylic acids is 2. The number of ether oxygens (including phenoxy) is 1. The Morgan fingerprint density at radius 1 is 1.12 bits per heavy atom. The van der Waals surface area contributed by atoms with E-state index in [4.69, 9.17) is 22.1 Å². The molecule has 2 aromatic heterocycles. The number of hydrogen-bond acceptors (Lipinski definition) is 6. The minimum Gasteiger partial charge on any atom is -0.495 e. The Bertz CT molecular complexity index is 1700. The number of methoxy groups -OCH3 is 1. The van der Waals surface area contributed by atoms with Gasteiger partial charge in [0.2, 0.25) is 5.91 Å². The molecule has 3 N–H and O–H groups in total. The molecular formula is C26H21ClF4N6O4. The van der Waals surface area contributed by atoms with Crippen molar-refractivity contribution in [2.75, 3.05) is 12.4 Å². The maximum absolute atomic E-state index is 14.2. The van der Waals surface area contributed by atoms with Crippen molar-refractivity contribution in [3.05, 3.63) is 87.3 Å². The van der Waals surface area contributed by atoms with Crippen LogP contribution in [0.25, 0.3) is 16.8 Å². The summed E-state index contributed by atoms with van der Waals surface area (Å²) in [4.78, 5) is 37.6. The number of benzene rings is 2. The number of nitrogens with zero attached hydrogens (tertiary/aromatic N) is 4. The lowest BCUT2D eigenvalue weighted by Crippen LogP contribution is -2.32. The van der Waals surface area contributed by atoms with E-state index < -0.39 is 41.1 Å². The molecule has 214 valence electrons. The molecule has 0 aliphatic carbocycles. The number of carbonyl (C=O) groups is 2. The predicted molar refractivity (Wildman–Crippen MR) is 140 cm³/mol. The zero-order chi connectivity index (χ0) is 30.1. The molecule has 4 aromatic rings. The van der Waals surface area contributed by atoms with Gasteiger partial charge in [0, 0.05) is 27.9 Å². The number of aromatic nitrogens is 4. The van der Waals surface area contributed by atoms with Crippen molar-refractivity contribution < 1.29 is 31.9 Å². The van der Waals surface area contributed by atoms with E-state index in [1.165, 1.54) is 37.6 Å². The summed E-state index contributed by atoms with van der Waals surface area (Å²) < 4.78 is 61.0. The van der Waals surface area contributed by atoms with Gasteiger partial charge in [-0.05, 0) is 42.8 Å². The van der Waals surface area contributed by atoms with Gasteiger partial charge in [-0.15, -0.1) is 5.10 Å². The number of halogens is 5. The molecule has 2 heterocycles. The number of alkyl halides is 3. The maximum Gasteiger partial charge on any atom is 0.436 e. The average Bonchev–Trinajstić information content (AvgIpc) is 3.40. The third kappa shape index (κ3) is 6.06. The molecule has 0 aliphatic heterocycles. The highest BCUT2D eigenvalue weighted by atomic mass is 35.5. The highest BCUT2D eigenvalue weighted by Gasteiger charge is 2.35. The highest BCUT2D eigenvalue weighted by Crippen LogP contribution is 2.36. The topological polar surface area (TPSA) is 134 Å². The zero-order valence-electron chi connectivity index (χ0n) is 21.4. The second kappa shape index (κ2) is 11.4. The molecule has 4 rings (SSSR count). The summed E-state index contributed by atoms with van der Waals surface area (Å²) in [5.41, 5.74) is 3.40. The average molecular weight is 593 g/mol. The fourth-order valence-electron chi connectivity index (χ4n) is 4.11. The Balaban J connectivity index is 1.74. The first-order valence-corrected chi connectivity index (χ1v) is 12.2. The molecule has 1 unspecified atom stereocenters. The Hall–Kier alpha value is -4.72. The number of anilines is 1. The molecular weight excluding hydrogens is 572 g/mol. The molecule has 2 aromatic carbocycles. The van der Waals surface area contributed by atoms with E-state index in [0.29, 0.717) is 6.20 Å². The van der Waals surface area contributed by atoms with Crippen molar-refractivity contribution in [2.24, 2.45) is 5.73 Å². The fraction of sp³-hybridized carbons (Fsp3) is 0.192. The molecule has 1 atom stereocenters. The van der Waals surface area contributed by atoms with Gasteiger partial charge in [0.15, 0.2) is 5.69 Å². The smallest absolute Gasteiger partial charge is 0.436 e. The van der Waals surface area contributed by atoms with Crippen LogP contribution >= 0.6 is 11.6 Å². The van der Waals surface area contributed by atoms with Gasteiger partial charge in [0.05, 0.1) is 30.8 Å². The standard InChI is InChI=1S/C26H21ClF4N6O4/c1-3-19(25(40)33-14-5-6-15(24(32)39)18(28)9-14)36-11-21(41-2)17(10-23(36)38)16-8-13(27)4-7-20(16)37-12-22(34-35-37)26(29,30)31/h4-12,19H,3H2,1-2H3,(H2,32,39)(H,33,40). The third-order valence-electron chi connectivity index (χ3n) is 6.07. The Labute approximate surface area is 234 Å². The second-order valence-corrected chi connectivity index (χ2v) is 9.12. The van der Waals surface area contributed by atoms with Crippen LogP contribution in [0.3, 0.4) is 0 Å². The van der Waals surface area contributed by atoms with E-state index in [9.17, 15) is 31.9 Å². The van der Waals surface area contributed by atoms with Crippen LogP contribution in [0.5, 0.6) is 5.75 Å². The lowest BCUT2D eigenvalue weighted by atomic mass is 10.0. The molecule has 0 bridgehead atoms. The predicted octanol–water partition coefficient (Wildman–Crippen LogP) is 4.60. The van der Waals surface area contributed by atoms with Crippen LogP contribution in [0.1, 0.15) is 35.4 Å². The van der Waals surface area contributed by atoms with Crippen molar-refractivity contribution in [1.82, 2.24) is 19.6 Å². The van der Waals surface area contributed by atoms with Crippen LogP contribution in [0.15, 0.2) is 59.7 Å². The van der Waals surface area contributed by atoms with Crippen LogP contribution in [0.4, 0.5) is 23.2 Å². The van der Waals surface area contributed by atoms with E-state index in [2.05, 4.69) is 15.6 Å². The number of nitrogens with two attached hydrogens (primary N) is 1. The van der Waals surface area contributed by atoms with E-state index >= 15 is 0 Å². The van der Waals surface area contributed by atoms with Gasteiger partial charge < -0.3 is 15.8 Å². The van der Waals surface area contributed by atoms with Gasteiger partial charge in [0.1, 0.15) is 17.6 Å². The lowest BCUT2D eigenvalue weighted by Gasteiger charge is -2.21. The molecule has 10 nitrogen and oxygen atoms in total. The largest absolute Gasteiger partial charge is 0.495 e. The van der Waals surface area contributed by atoms with Crippen molar-refractivity contribution in [1.29, 1.82) is 0 Å². The summed E-state index contributed by atoms with van der Waals surface area (Å²) in [5, 5.41) is 9.45. The van der Waals surface area contributed by atoms with Gasteiger partial charge in [-0.3, -0.25) is 19.0 Å². The number of pyridine rings is 1. The highest BCUT2D eigenvalue weighted by molar-refractivity contribution is 6.31. The SMILES string of the molecule is CCC(C(=O)Nc1ccc(C(N)=O)c(F)c1)n1cc(OC)c(-c2cc(Cl)ccc2-n2cc(C(F)(F)F)nn2)cc1=O. The molecule has 0 saturated heterocycles. The molecule has 41 heavy (non-hydrogen) atoms. The van der Waals surface area contributed by atoms with Gasteiger partial charge in [-0.1, -0.05) is 23.7 Å². The van der Waals surface area contributed by atoms with Crippen molar-refractivity contribution in [3.63, 3.8) is 0 Å². The maximum atomic E-state index is 14.2. The normalized spacial score (nSPS) is 12.2. The quantitative estimate of drug-likeness (QED) is 0.287. The van der Waals surface area contributed by atoms with Crippen LogP contribution < -0.4 is 21.3 Å². The van der Waals surface area contributed by atoms with Crippen molar-refractivity contribution >= 4 is 29.1 Å².